The van der Waals surface area contributed by atoms with E-state index < -0.39 is 12.0 Å². The van der Waals surface area contributed by atoms with E-state index in [9.17, 15) is 14.3 Å². The third-order valence-corrected chi connectivity index (χ3v) is 4.27. The summed E-state index contributed by atoms with van der Waals surface area (Å²) in [5.74, 6) is -0.472. The van der Waals surface area contributed by atoms with Crippen LogP contribution < -0.4 is 10.1 Å². The van der Waals surface area contributed by atoms with Gasteiger partial charge in [0.15, 0.2) is 0 Å². The predicted octanol–water partition coefficient (Wildman–Crippen LogP) is 2.44. The van der Waals surface area contributed by atoms with E-state index in [-0.39, 0.29) is 5.82 Å². The first-order chi connectivity index (χ1) is 12.1. The first kappa shape index (κ1) is 17.4. The van der Waals surface area contributed by atoms with Crippen LogP contribution in [0.15, 0.2) is 48.5 Å². The van der Waals surface area contributed by atoms with Gasteiger partial charge in [0, 0.05) is 26.2 Å². The molecule has 2 aromatic carbocycles. The number of aliphatic carboxylic acids is 1. The highest BCUT2D eigenvalue weighted by atomic mass is 19.1. The van der Waals surface area contributed by atoms with E-state index >= 15 is 0 Å². The number of carboxylic acids is 1. The molecule has 0 radical (unpaired) electrons. The highest BCUT2D eigenvalue weighted by Crippen LogP contribution is 2.24. The molecule has 0 aromatic heterocycles. The first-order valence-corrected chi connectivity index (χ1v) is 8.28. The number of halogens is 1. The number of nitrogens with zero attached hydrogens (tertiary/aromatic N) is 1. The van der Waals surface area contributed by atoms with Gasteiger partial charge in [-0.15, -0.1) is 0 Å². The zero-order chi connectivity index (χ0) is 17.6. The molecule has 0 spiro atoms. The Bertz CT molecular complexity index is 698. The van der Waals surface area contributed by atoms with Gasteiger partial charge in [-0.1, -0.05) is 24.3 Å². The van der Waals surface area contributed by atoms with Gasteiger partial charge >= 0.3 is 5.97 Å². The number of nitrogens with one attached hydrogen (secondary N) is 1. The average molecular weight is 344 g/mol. The molecule has 0 aliphatic carbocycles. The summed E-state index contributed by atoms with van der Waals surface area (Å²) in [6.45, 7) is 3.34. The van der Waals surface area contributed by atoms with Crippen LogP contribution in [0.1, 0.15) is 17.2 Å². The molecule has 132 valence electrons. The molecule has 3 rings (SSSR count). The van der Waals surface area contributed by atoms with Crippen molar-refractivity contribution in [2.45, 2.75) is 12.6 Å². The van der Waals surface area contributed by atoms with Gasteiger partial charge in [0.25, 0.3) is 0 Å². The van der Waals surface area contributed by atoms with Gasteiger partial charge in [-0.3, -0.25) is 9.69 Å². The van der Waals surface area contributed by atoms with Crippen molar-refractivity contribution in [3.8, 4) is 5.75 Å². The van der Waals surface area contributed by atoms with E-state index in [4.69, 9.17) is 4.74 Å². The molecule has 25 heavy (non-hydrogen) atoms. The van der Waals surface area contributed by atoms with Gasteiger partial charge in [-0.2, -0.15) is 0 Å². The van der Waals surface area contributed by atoms with Gasteiger partial charge in [-0.25, -0.2) is 4.39 Å². The number of piperazine rings is 1. The van der Waals surface area contributed by atoms with Crippen molar-refractivity contribution < 1.29 is 19.0 Å². The summed E-state index contributed by atoms with van der Waals surface area (Å²) in [4.78, 5) is 13.7. The lowest BCUT2D eigenvalue weighted by Crippen LogP contribution is -2.47. The fraction of sp³-hybridized carbons (Fsp3) is 0.316. The minimum absolute atomic E-state index is 0.277. The van der Waals surface area contributed by atoms with E-state index in [0.717, 1.165) is 24.2 Å². The molecule has 1 saturated heterocycles. The van der Waals surface area contributed by atoms with E-state index in [1.165, 1.54) is 12.1 Å². The van der Waals surface area contributed by atoms with Crippen LogP contribution in [-0.2, 0) is 11.4 Å². The molecule has 1 aliphatic rings. The molecular weight excluding hydrogens is 323 g/mol. The first-order valence-electron chi connectivity index (χ1n) is 8.28. The minimum atomic E-state index is -0.845. The fourth-order valence-corrected chi connectivity index (χ4v) is 2.94. The lowest BCUT2D eigenvalue weighted by atomic mass is 10.0. The largest absolute Gasteiger partial charge is 0.489 e. The Morgan fingerprint density at radius 2 is 1.76 bits per heavy atom. The SMILES string of the molecule is O=C(O)C(c1ccc(OCc2ccc(F)cc2)cc1)N1CCNCC1. The Balaban J connectivity index is 1.65. The maximum atomic E-state index is 12.9. The van der Waals surface area contributed by atoms with Gasteiger partial charge in [0.05, 0.1) is 0 Å². The molecule has 0 bridgehead atoms. The summed E-state index contributed by atoms with van der Waals surface area (Å²) in [6.07, 6.45) is 0. The van der Waals surface area contributed by atoms with Gasteiger partial charge in [-0.05, 0) is 35.4 Å². The monoisotopic (exact) mass is 344 g/mol. The molecule has 1 unspecified atom stereocenters. The highest BCUT2D eigenvalue weighted by Gasteiger charge is 2.28. The second-order valence-corrected chi connectivity index (χ2v) is 6.01. The zero-order valence-corrected chi connectivity index (χ0v) is 13.8. The van der Waals surface area contributed by atoms with Crippen LogP contribution >= 0.6 is 0 Å². The summed E-state index contributed by atoms with van der Waals surface area (Å²) < 4.78 is 18.6. The fourth-order valence-electron chi connectivity index (χ4n) is 2.94. The number of rotatable bonds is 6. The van der Waals surface area contributed by atoms with Crippen molar-refractivity contribution in [1.29, 1.82) is 0 Å². The average Bonchev–Trinajstić information content (AvgIpc) is 2.63. The van der Waals surface area contributed by atoms with Crippen molar-refractivity contribution in [3.05, 3.63) is 65.5 Å². The lowest BCUT2D eigenvalue weighted by molar-refractivity contribution is -0.143. The Labute approximate surface area is 146 Å². The summed E-state index contributed by atoms with van der Waals surface area (Å²) in [7, 11) is 0. The second-order valence-electron chi connectivity index (χ2n) is 6.01. The molecule has 1 aliphatic heterocycles. The molecule has 6 heteroatoms. The van der Waals surface area contributed by atoms with Crippen LogP contribution in [0.2, 0.25) is 0 Å². The Hall–Kier alpha value is -2.44. The van der Waals surface area contributed by atoms with Crippen molar-refractivity contribution >= 4 is 5.97 Å². The van der Waals surface area contributed by atoms with Crippen molar-refractivity contribution in [3.63, 3.8) is 0 Å². The summed E-state index contributed by atoms with van der Waals surface area (Å²) in [6, 6.07) is 12.6. The quantitative estimate of drug-likeness (QED) is 0.843. The third kappa shape index (κ3) is 4.55. The molecule has 1 fully saturated rings. The van der Waals surface area contributed by atoms with Crippen LogP contribution in [0.3, 0.4) is 0 Å². The van der Waals surface area contributed by atoms with Crippen LogP contribution in [0.25, 0.3) is 0 Å². The molecule has 1 heterocycles. The lowest BCUT2D eigenvalue weighted by Gasteiger charge is -2.32. The number of benzene rings is 2. The maximum Gasteiger partial charge on any atom is 0.325 e. The number of carbonyl (C=O) groups is 1. The van der Waals surface area contributed by atoms with E-state index in [2.05, 4.69) is 5.32 Å². The summed E-state index contributed by atoms with van der Waals surface area (Å²) in [5, 5.41) is 12.8. The predicted molar refractivity (Wildman–Crippen MR) is 92.0 cm³/mol. The van der Waals surface area contributed by atoms with Gasteiger partial charge in [0.1, 0.15) is 24.2 Å². The molecule has 5 nitrogen and oxygen atoms in total. The number of ether oxygens (including phenoxy) is 1. The molecule has 1 atom stereocenters. The molecular formula is C19H21FN2O3. The van der Waals surface area contributed by atoms with Crippen LogP contribution in [0, 0.1) is 5.82 Å². The number of carboxylic acid groups (broad SMARTS) is 1. The third-order valence-electron chi connectivity index (χ3n) is 4.27. The van der Waals surface area contributed by atoms with Crippen LogP contribution in [-0.4, -0.2) is 42.2 Å². The summed E-state index contributed by atoms with van der Waals surface area (Å²) >= 11 is 0. The molecule has 0 saturated carbocycles. The molecule has 2 N–H and O–H groups in total. The Kier molecular flexibility index (Phi) is 5.63. The van der Waals surface area contributed by atoms with Crippen LogP contribution in [0.4, 0.5) is 4.39 Å². The van der Waals surface area contributed by atoms with E-state index in [1.54, 1.807) is 36.4 Å². The topological polar surface area (TPSA) is 61.8 Å². The van der Waals surface area contributed by atoms with Crippen molar-refractivity contribution in [2.24, 2.45) is 0 Å². The number of hydrogen-bond acceptors (Lipinski definition) is 4. The van der Waals surface area contributed by atoms with Gasteiger partial charge in [0.2, 0.25) is 0 Å². The smallest absolute Gasteiger partial charge is 0.325 e. The molecule has 2 aromatic rings. The highest BCUT2D eigenvalue weighted by molar-refractivity contribution is 5.75. The van der Waals surface area contributed by atoms with Gasteiger partial charge < -0.3 is 15.2 Å². The standard InChI is InChI=1S/C19H21FN2O3/c20-16-5-1-14(2-6-16)13-25-17-7-3-15(4-8-17)18(19(23)24)22-11-9-21-10-12-22/h1-8,18,21H,9-13H2,(H,23,24). The zero-order valence-electron chi connectivity index (χ0n) is 13.8. The van der Waals surface area contributed by atoms with Crippen LogP contribution in [0.5, 0.6) is 5.75 Å². The Morgan fingerprint density at radius 1 is 1.12 bits per heavy atom. The maximum absolute atomic E-state index is 12.9. The normalized spacial score (nSPS) is 16.4. The van der Waals surface area contributed by atoms with Crippen molar-refractivity contribution in [1.82, 2.24) is 10.2 Å². The minimum Gasteiger partial charge on any atom is -0.489 e. The Morgan fingerprint density at radius 3 is 2.36 bits per heavy atom. The molecule has 0 amide bonds. The van der Waals surface area contributed by atoms with Crippen molar-refractivity contribution in [2.75, 3.05) is 26.2 Å². The van der Waals surface area contributed by atoms with E-state index in [0.29, 0.717) is 25.4 Å². The second kappa shape index (κ2) is 8.09. The summed E-state index contributed by atoms with van der Waals surface area (Å²) in [5.41, 5.74) is 1.61. The van der Waals surface area contributed by atoms with E-state index in [1.807, 2.05) is 4.90 Å². The number of hydrogen-bond donors (Lipinski definition) is 2.